The Hall–Kier alpha value is -1.23. The molecule has 0 unspecified atom stereocenters. The Morgan fingerprint density at radius 3 is 2.50 bits per heavy atom. The van der Waals surface area contributed by atoms with Crippen molar-refractivity contribution >= 4 is 15.7 Å². The van der Waals surface area contributed by atoms with Gasteiger partial charge in [-0.1, -0.05) is 6.92 Å². The summed E-state index contributed by atoms with van der Waals surface area (Å²) in [6.07, 6.45) is 0.703. The summed E-state index contributed by atoms with van der Waals surface area (Å²) >= 11 is 0. The third-order valence-corrected chi connectivity index (χ3v) is 3.78. The van der Waals surface area contributed by atoms with Gasteiger partial charge in [-0.05, 0) is 51.0 Å². The lowest BCUT2D eigenvalue weighted by atomic mass is 10.2. The highest BCUT2D eigenvalue weighted by Gasteiger charge is 2.10. The molecule has 0 aliphatic carbocycles. The fourth-order valence-corrected chi connectivity index (χ4v) is 2.72. The van der Waals surface area contributed by atoms with E-state index in [1.165, 1.54) is 0 Å². The van der Waals surface area contributed by atoms with Gasteiger partial charge in [-0.25, -0.2) is 8.42 Å². The smallest absolute Gasteiger partial charge is 0.232 e. The van der Waals surface area contributed by atoms with Gasteiger partial charge < -0.3 is 4.74 Å². The summed E-state index contributed by atoms with van der Waals surface area (Å²) in [5.74, 6) is 0.916. The molecular formula is C13H21NO3S. The van der Waals surface area contributed by atoms with Gasteiger partial charge in [0.15, 0.2) is 0 Å². The maximum atomic E-state index is 11.6. The van der Waals surface area contributed by atoms with Gasteiger partial charge in [0.25, 0.3) is 0 Å². The van der Waals surface area contributed by atoms with Crippen LogP contribution < -0.4 is 9.46 Å². The molecule has 0 amide bonds. The van der Waals surface area contributed by atoms with E-state index in [1.54, 1.807) is 18.2 Å². The van der Waals surface area contributed by atoms with E-state index in [4.69, 9.17) is 4.74 Å². The molecule has 0 atom stereocenters. The van der Waals surface area contributed by atoms with Crippen LogP contribution in [0.15, 0.2) is 18.2 Å². The lowest BCUT2D eigenvalue weighted by molar-refractivity contribution is 0.241. The van der Waals surface area contributed by atoms with Crippen molar-refractivity contribution < 1.29 is 13.2 Å². The minimum Gasteiger partial charge on any atom is -0.491 e. The van der Waals surface area contributed by atoms with Crippen molar-refractivity contribution in [2.24, 2.45) is 0 Å². The number of nitrogens with one attached hydrogen (secondary N) is 1. The Kier molecular flexibility index (Phi) is 5.02. The predicted octanol–water partition coefficient (Wildman–Crippen LogP) is 2.93. The molecule has 0 fully saturated rings. The first kappa shape index (κ1) is 14.8. The van der Waals surface area contributed by atoms with Crippen molar-refractivity contribution in [3.63, 3.8) is 0 Å². The lowest BCUT2D eigenvalue weighted by Gasteiger charge is -2.14. The quantitative estimate of drug-likeness (QED) is 0.865. The minimum atomic E-state index is -3.23. The van der Waals surface area contributed by atoms with E-state index in [2.05, 4.69) is 4.72 Å². The maximum absolute atomic E-state index is 11.6. The highest BCUT2D eigenvalue weighted by molar-refractivity contribution is 7.92. The van der Waals surface area contributed by atoms with Crippen LogP contribution in [0, 0.1) is 6.92 Å². The second-order valence-corrected chi connectivity index (χ2v) is 6.41. The van der Waals surface area contributed by atoms with E-state index in [9.17, 15) is 8.42 Å². The van der Waals surface area contributed by atoms with E-state index in [0.29, 0.717) is 12.1 Å². The van der Waals surface area contributed by atoms with Crippen molar-refractivity contribution in [1.82, 2.24) is 0 Å². The van der Waals surface area contributed by atoms with E-state index < -0.39 is 10.0 Å². The third kappa shape index (κ3) is 4.56. The van der Waals surface area contributed by atoms with Crippen LogP contribution in [0.5, 0.6) is 5.75 Å². The van der Waals surface area contributed by atoms with Crippen molar-refractivity contribution in [2.75, 3.05) is 10.5 Å². The fraction of sp³-hybridized carbons (Fsp3) is 0.538. The normalized spacial score (nSPS) is 11.6. The molecule has 0 spiro atoms. The van der Waals surface area contributed by atoms with E-state index >= 15 is 0 Å². The molecule has 5 heteroatoms. The summed E-state index contributed by atoms with van der Waals surface area (Å²) in [6.45, 7) is 7.65. The zero-order chi connectivity index (χ0) is 13.8. The van der Waals surface area contributed by atoms with Crippen molar-refractivity contribution in [1.29, 1.82) is 0 Å². The van der Waals surface area contributed by atoms with Crippen molar-refractivity contribution in [2.45, 2.75) is 40.2 Å². The zero-order valence-electron chi connectivity index (χ0n) is 11.4. The average molecular weight is 271 g/mol. The van der Waals surface area contributed by atoms with Gasteiger partial charge in [0, 0.05) is 5.69 Å². The van der Waals surface area contributed by atoms with Gasteiger partial charge in [0.2, 0.25) is 10.0 Å². The van der Waals surface area contributed by atoms with Gasteiger partial charge in [0.1, 0.15) is 5.75 Å². The summed E-state index contributed by atoms with van der Waals surface area (Å²) in [6, 6.07) is 5.29. The Bertz CT molecular complexity index is 495. The third-order valence-electron chi connectivity index (χ3n) is 2.28. The highest BCUT2D eigenvalue weighted by Crippen LogP contribution is 2.23. The number of sulfonamides is 1. The molecule has 1 aromatic rings. The molecule has 0 heterocycles. The number of aryl methyl sites for hydroxylation is 1. The molecule has 0 saturated heterocycles. The fourth-order valence-electron chi connectivity index (χ4n) is 1.60. The van der Waals surface area contributed by atoms with Crippen molar-refractivity contribution in [3.05, 3.63) is 23.8 Å². The van der Waals surface area contributed by atoms with Crippen LogP contribution in [0.25, 0.3) is 0 Å². The van der Waals surface area contributed by atoms with Gasteiger partial charge >= 0.3 is 0 Å². The highest BCUT2D eigenvalue weighted by atomic mass is 32.2. The summed E-state index contributed by atoms with van der Waals surface area (Å²) in [4.78, 5) is 0. The summed E-state index contributed by atoms with van der Waals surface area (Å²) < 4.78 is 31.4. The predicted molar refractivity (Wildman–Crippen MR) is 74.6 cm³/mol. The molecule has 18 heavy (non-hydrogen) atoms. The number of hydrogen-bond acceptors (Lipinski definition) is 3. The maximum Gasteiger partial charge on any atom is 0.232 e. The van der Waals surface area contributed by atoms with Crippen LogP contribution in [-0.4, -0.2) is 20.3 Å². The minimum absolute atomic E-state index is 0.103. The molecule has 1 N–H and O–H groups in total. The molecule has 0 bridgehead atoms. The lowest BCUT2D eigenvalue weighted by Crippen LogP contribution is -2.16. The standard InChI is InChI=1S/C13H21NO3S/c1-5-8-18(15,16)14-12-6-7-13(11(4)9-12)17-10(2)3/h6-7,9-10,14H,5,8H2,1-4H3. The van der Waals surface area contributed by atoms with E-state index in [-0.39, 0.29) is 11.9 Å². The van der Waals surface area contributed by atoms with Crippen LogP contribution in [0.4, 0.5) is 5.69 Å². The molecule has 0 aromatic heterocycles. The first-order chi connectivity index (χ1) is 8.34. The number of ether oxygens (including phenoxy) is 1. The molecule has 0 aliphatic heterocycles. The van der Waals surface area contributed by atoms with E-state index in [0.717, 1.165) is 11.3 Å². The monoisotopic (exact) mass is 271 g/mol. The van der Waals surface area contributed by atoms with Crippen molar-refractivity contribution in [3.8, 4) is 5.75 Å². The summed E-state index contributed by atoms with van der Waals surface area (Å²) in [7, 11) is -3.23. The number of hydrogen-bond donors (Lipinski definition) is 1. The molecule has 0 radical (unpaired) electrons. The first-order valence-corrected chi connectivity index (χ1v) is 7.77. The van der Waals surface area contributed by atoms with Crippen LogP contribution in [0.2, 0.25) is 0 Å². The van der Waals surface area contributed by atoms with Crippen LogP contribution >= 0.6 is 0 Å². The SMILES string of the molecule is CCCS(=O)(=O)Nc1ccc(OC(C)C)c(C)c1. The van der Waals surface area contributed by atoms with Gasteiger partial charge in [0.05, 0.1) is 11.9 Å². The first-order valence-electron chi connectivity index (χ1n) is 6.12. The molecular weight excluding hydrogens is 250 g/mol. The molecule has 4 nitrogen and oxygen atoms in total. The van der Waals surface area contributed by atoms with Gasteiger partial charge in [-0.3, -0.25) is 4.72 Å². The Balaban J connectivity index is 2.85. The Morgan fingerprint density at radius 2 is 2.00 bits per heavy atom. The molecule has 0 saturated carbocycles. The Morgan fingerprint density at radius 1 is 1.33 bits per heavy atom. The molecule has 1 rings (SSSR count). The molecule has 1 aromatic carbocycles. The zero-order valence-corrected chi connectivity index (χ0v) is 12.2. The summed E-state index contributed by atoms with van der Waals surface area (Å²) in [5.41, 5.74) is 1.50. The van der Waals surface area contributed by atoms with Gasteiger partial charge in [-0.2, -0.15) is 0 Å². The molecule has 102 valence electrons. The van der Waals surface area contributed by atoms with Crippen LogP contribution in [0.3, 0.4) is 0 Å². The summed E-state index contributed by atoms with van der Waals surface area (Å²) in [5, 5.41) is 0. The average Bonchev–Trinajstić information content (AvgIpc) is 2.20. The van der Waals surface area contributed by atoms with Gasteiger partial charge in [-0.15, -0.1) is 0 Å². The second kappa shape index (κ2) is 6.09. The number of anilines is 1. The second-order valence-electron chi connectivity index (χ2n) is 4.57. The van der Waals surface area contributed by atoms with Crippen LogP contribution in [-0.2, 0) is 10.0 Å². The topological polar surface area (TPSA) is 55.4 Å². The number of rotatable bonds is 6. The number of benzene rings is 1. The molecule has 0 aliphatic rings. The Labute approximate surface area is 109 Å². The largest absolute Gasteiger partial charge is 0.491 e. The van der Waals surface area contributed by atoms with E-state index in [1.807, 2.05) is 27.7 Å². The van der Waals surface area contributed by atoms with Crippen LogP contribution in [0.1, 0.15) is 32.8 Å².